The highest BCUT2D eigenvalue weighted by atomic mass is 35.5. The summed E-state index contributed by atoms with van der Waals surface area (Å²) in [6.45, 7) is 11.2. The molecule has 0 spiro atoms. The number of carbonyl (C=O) groups is 1. The number of nitrogens with two attached hydrogens (primary N) is 1. The maximum absolute atomic E-state index is 12.0. The second-order valence-electron chi connectivity index (χ2n) is 6.65. The van der Waals surface area contributed by atoms with E-state index in [1.54, 1.807) is 0 Å². The zero-order valence-electron chi connectivity index (χ0n) is 14.9. The molecule has 1 aromatic rings. The fourth-order valence-corrected chi connectivity index (χ4v) is 2.02. The molecule has 132 valence electrons. The minimum absolute atomic E-state index is 0. The third-order valence-corrected chi connectivity index (χ3v) is 4.27. The summed E-state index contributed by atoms with van der Waals surface area (Å²) < 4.78 is 5.63. The Kier molecular flexibility index (Phi) is 9.25. The van der Waals surface area contributed by atoms with Gasteiger partial charge < -0.3 is 15.8 Å². The number of nitrogens with one attached hydrogen (secondary N) is 1. The Labute approximate surface area is 146 Å². The molecule has 0 aliphatic heterocycles. The molecule has 1 atom stereocenters. The van der Waals surface area contributed by atoms with Gasteiger partial charge in [0.1, 0.15) is 5.75 Å². The summed E-state index contributed by atoms with van der Waals surface area (Å²) in [5.41, 5.74) is 6.68. The van der Waals surface area contributed by atoms with Crippen LogP contribution < -0.4 is 15.8 Å². The van der Waals surface area contributed by atoms with Crippen molar-refractivity contribution in [1.82, 2.24) is 5.32 Å². The van der Waals surface area contributed by atoms with Crippen LogP contribution in [0.4, 0.5) is 0 Å². The molecule has 3 N–H and O–H groups in total. The van der Waals surface area contributed by atoms with E-state index in [1.165, 1.54) is 5.56 Å². The molecule has 23 heavy (non-hydrogen) atoms. The molecule has 0 heterocycles. The monoisotopic (exact) mass is 342 g/mol. The van der Waals surface area contributed by atoms with E-state index in [2.05, 4.69) is 45.1 Å². The highest BCUT2D eigenvalue weighted by Gasteiger charge is 2.28. The van der Waals surface area contributed by atoms with Crippen LogP contribution in [0.5, 0.6) is 5.75 Å². The maximum atomic E-state index is 12.0. The van der Waals surface area contributed by atoms with Crippen LogP contribution in [0.3, 0.4) is 0 Å². The van der Waals surface area contributed by atoms with E-state index in [9.17, 15) is 4.79 Å². The standard InChI is InChI=1S/C18H30N2O2.ClH/c1-13(2)15-6-8-16(9-7-15)22-11-10-17(21)20-18(5,12-19)14(3)4;/h6-9,13-14H,10-12,19H2,1-5H3,(H,20,21);1H. The van der Waals surface area contributed by atoms with Crippen molar-refractivity contribution in [3.8, 4) is 5.75 Å². The Morgan fingerprint density at radius 3 is 2.22 bits per heavy atom. The van der Waals surface area contributed by atoms with E-state index in [1.807, 2.05) is 19.1 Å². The van der Waals surface area contributed by atoms with E-state index >= 15 is 0 Å². The van der Waals surface area contributed by atoms with Gasteiger partial charge in [0.05, 0.1) is 18.6 Å². The lowest BCUT2D eigenvalue weighted by atomic mass is 9.88. The molecule has 5 heteroatoms. The summed E-state index contributed by atoms with van der Waals surface area (Å²) in [5.74, 6) is 1.55. The molecular weight excluding hydrogens is 312 g/mol. The number of amides is 1. The first kappa shape index (κ1) is 21.7. The number of benzene rings is 1. The summed E-state index contributed by atoms with van der Waals surface area (Å²) in [6.07, 6.45) is 0.328. The van der Waals surface area contributed by atoms with E-state index in [0.29, 0.717) is 25.5 Å². The molecule has 1 aromatic carbocycles. The average Bonchev–Trinajstić information content (AvgIpc) is 2.47. The van der Waals surface area contributed by atoms with Crippen molar-refractivity contribution in [3.05, 3.63) is 29.8 Å². The second kappa shape index (κ2) is 9.78. The molecule has 0 aliphatic rings. The van der Waals surface area contributed by atoms with Gasteiger partial charge in [0.2, 0.25) is 5.91 Å². The Morgan fingerprint density at radius 2 is 1.78 bits per heavy atom. The van der Waals surface area contributed by atoms with E-state index in [0.717, 1.165) is 5.75 Å². The third kappa shape index (κ3) is 6.80. The minimum atomic E-state index is -0.365. The zero-order chi connectivity index (χ0) is 16.8. The highest BCUT2D eigenvalue weighted by Crippen LogP contribution is 2.19. The highest BCUT2D eigenvalue weighted by molar-refractivity contribution is 5.85. The van der Waals surface area contributed by atoms with Crippen LogP contribution >= 0.6 is 12.4 Å². The van der Waals surface area contributed by atoms with E-state index in [4.69, 9.17) is 10.5 Å². The first-order chi connectivity index (χ1) is 10.3. The topological polar surface area (TPSA) is 64.3 Å². The van der Waals surface area contributed by atoms with Gasteiger partial charge in [-0.3, -0.25) is 4.79 Å². The molecule has 4 nitrogen and oxygen atoms in total. The fourth-order valence-electron chi connectivity index (χ4n) is 2.02. The number of rotatable bonds is 8. The van der Waals surface area contributed by atoms with Gasteiger partial charge in [0.25, 0.3) is 0 Å². The van der Waals surface area contributed by atoms with E-state index < -0.39 is 0 Å². The van der Waals surface area contributed by atoms with Crippen LogP contribution in [-0.4, -0.2) is 24.6 Å². The number of ether oxygens (including phenoxy) is 1. The van der Waals surface area contributed by atoms with Crippen molar-refractivity contribution < 1.29 is 9.53 Å². The number of carbonyl (C=O) groups excluding carboxylic acids is 1. The van der Waals surface area contributed by atoms with Crippen molar-refractivity contribution >= 4 is 18.3 Å². The van der Waals surface area contributed by atoms with Crippen LogP contribution in [0.15, 0.2) is 24.3 Å². The molecule has 0 aromatic heterocycles. The van der Waals surface area contributed by atoms with Gasteiger partial charge in [-0.2, -0.15) is 0 Å². The minimum Gasteiger partial charge on any atom is -0.493 e. The molecular formula is C18H31ClN2O2. The first-order valence-electron chi connectivity index (χ1n) is 8.02. The predicted molar refractivity (Wildman–Crippen MR) is 98.3 cm³/mol. The van der Waals surface area contributed by atoms with Gasteiger partial charge in [-0.25, -0.2) is 0 Å². The molecule has 0 saturated heterocycles. The number of hydrogen-bond acceptors (Lipinski definition) is 3. The molecule has 0 aliphatic carbocycles. The van der Waals surface area contributed by atoms with Crippen LogP contribution in [0, 0.1) is 5.92 Å². The summed E-state index contributed by atoms with van der Waals surface area (Å²) in [6, 6.07) is 8.02. The molecule has 0 bridgehead atoms. The summed E-state index contributed by atoms with van der Waals surface area (Å²) in [5, 5.41) is 3.01. The Balaban J connectivity index is 0.00000484. The van der Waals surface area contributed by atoms with E-state index in [-0.39, 0.29) is 29.8 Å². The predicted octanol–water partition coefficient (Wildman–Crippen LogP) is 3.49. The van der Waals surface area contributed by atoms with Crippen LogP contribution in [-0.2, 0) is 4.79 Å². The Bertz CT molecular complexity index is 474. The summed E-state index contributed by atoms with van der Waals surface area (Å²) in [7, 11) is 0. The number of halogens is 1. The SMILES string of the molecule is CC(C)c1ccc(OCCC(=O)NC(C)(CN)C(C)C)cc1.Cl. The lowest BCUT2D eigenvalue weighted by molar-refractivity contribution is -0.123. The van der Waals surface area contributed by atoms with Crippen LogP contribution in [0.2, 0.25) is 0 Å². The molecule has 1 rings (SSSR count). The van der Waals surface area contributed by atoms with Gasteiger partial charge in [0.15, 0.2) is 0 Å². The van der Waals surface area contributed by atoms with Gasteiger partial charge >= 0.3 is 0 Å². The lowest BCUT2D eigenvalue weighted by Crippen LogP contribution is -2.55. The molecule has 1 unspecified atom stereocenters. The van der Waals surface area contributed by atoms with Crippen LogP contribution in [0.1, 0.15) is 52.5 Å². The second-order valence-corrected chi connectivity index (χ2v) is 6.65. The molecule has 0 fully saturated rings. The lowest BCUT2D eigenvalue weighted by Gasteiger charge is -2.33. The molecule has 0 radical (unpaired) electrons. The maximum Gasteiger partial charge on any atom is 0.223 e. The molecule has 1 amide bonds. The number of hydrogen-bond donors (Lipinski definition) is 2. The van der Waals surface area contributed by atoms with Crippen molar-refractivity contribution in [3.63, 3.8) is 0 Å². The summed E-state index contributed by atoms with van der Waals surface area (Å²) >= 11 is 0. The normalized spacial score (nSPS) is 13.4. The first-order valence-corrected chi connectivity index (χ1v) is 8.02. The summed E-state index contributed by atoms with van der Waals surface area (Å²) in [4.78, 5) is 12.0. The Hall–Kier alpha value is -1.26. The molecule has 0 saturated carbocycles. The van der Waals surface area contributed by atoms with Crippen molar-refractivity contribution in [1.29, 1.82) is 0 Å². The largest absolute Gasteiger partial charge is 0.493 e. The van der Waals surface area contributed by atoms with Crippen molar-refractivity contribution in [2.24, 2.45) is 11.7 Å². The van der Waals surface area contributed by atoms with Gasteiger partial charge in [-0.1, -0.05) is 39.8 Å². The quantitative estimate of drug-likeness (QED) is 0.760. The van der Waals surface area contributed by atoms with Gasteiger partial charge in [-0.05, 0) is 36.5 Å². The van der Waals surface area contributed by atoms with Crippen LogP contribution in [0.25, 0.3) is 0 Å². The van der Waals surface area contributed by atoms with Gasteiger partial charge in [-0.15, -0.1) is 12.4 Å². The smallest absolute Gasteiger partial charge is 0.223 e. The third-order valence-electron chi connectivity index (χ3n) is 4.27. The fraction of sp³-hybridized carbons (Fsp3) is 0.611. The Morgan fingerprint density at radius 1 is 1.22 bits per heavy atom. The van der Waals surface area contributed by atoms with Crippen molar-refractivity contribution in [2.45, 2.75) is 52.5 Å². The van der Waals surface area contributed by atoms with Crippen molar-refractivity contribution in [2.75, 3.05) is 13.2 Å². The van der Waals surface area contributed by atoms with Gasteiger partial charge in [0, 0.05) is 6.54 Å². The zero-order valence-corrected chi connectivity index (χ0v) is 15.7. The average molecular weight is 343 g/mol.